The van der Waals surface area contributed by atoms with E-state index in [1.165, 1.54) is 0 Å². The summed E-state index contributed by atoms with van der Waals surface area (Å²) in [4.78, 5) is 0.299. The number of methoxy groups -OCH3 is 1. The molecule has 5 heteroatoms. The third kappa shape index (κ3) is 3.25. The fraction of sp³-hybridized carbons (Fsp3) is 0.294. The number of nitrogens with one attached hydrogen (secondary N) is 1. The highest BCUT2D eigenvalue weighted by Gasteiger charge is 2.21. The second kappa shape index (κ2) is 6.01. The van der Waals surface area contributed by atoms with Gasteiger partial charge in [-0.2, -0.15) is 0 Å². The van der Waals surface area contributed by atoms with Crippen LogP contribution in [0.2, 0.25) is 0 Å². The van der Waals surface area contributed by atoms with Crippen LogP contribution in [0.5, 0.6) is 5.75 Å². The average Bonchev–Trinajstić information content (AvgIpc) is 2.40. The zero-order valence-electron chi connectivity index (χ0n) is 13.5. The molecular formula is C17H21NO3S. The van der Waals surface area contributed by atoms with Crippen molar-refractivity contribution in [1.82, 2.24) is 0 Å². The SMILES string of the molecule is COc1cc(C)c(S(=O)(=O)Nc2ccc(C)cc2C)c(C)c1. The zero-order valence-corrected chi connectivity index (χ0v) is 14.3. The van der Waals surface area contributed by atoms with Crippen LogP contribution in [-0.4, -0.2) is 15.5 Å². The van der Waals surface area contributed by atoms with E-state index in [1.807, 2.05) is 26.0 Å². The second-order valence-corrected chi connectivity index (χ2v) is 7.13. The van der Waals surface area contributed by atoms with E-state index in [0.29, 0.717) is 27.5 Å². The van der Waals surface area contributed by atoms with Crippen molar-refractivity contribution in [3.05, 3.63) is 52.6 Å². The van der Waals surface area contributed by atoms with Crippen molar-refractivity contribution in [3.63, 3.8) is 0 Å². The van der Waals surface area contributed by atoms with Gasteiger partial charge in [-0.05, 0) is 62.6 Å². The van der Waals surface area contributed by atoms with Gasteiger partial charge in [0, 0.05) is 0 Å². The molecular weight excluding hydrogens is 298 g/mol. The Labute approximate surface area is 132 Å². The minimum absolute atomic E-state index is 0.299. The molecule has 2 aromatic carbocycles. The van der Waals surface area contributed by atoms with Gasteiger partial charge in [0.2, 0.25) is 0 Å². The van der Waals surface area contributed by atoms with Gasteiger partial charge < -0.3 is 4.74 Å². The van der Waals surface area contributed by atoms with Crippen LogP contribution >= 0.6 is 0 Å². The van der Waals surface area contributed by atoms with Crippen LogP contribution in [0.25, 0.3) is 0 Å². The third-order valence-corrected chi connectivity index (χ3v) is 5.23. The van der Waals surface area contributed by atoms with E-state index in [-0.39, 0.29) is 0 Å². The van der Waals surface area contributed by atoms with Crippen molar-refractivity contribution in [2.45, 2.75) is 32.6 Å². The fourth-order valence-corrected chi connectivity index (χ4v) is 4.16. The first-order chi connectivity index (χ1) is 10.2. The van der Waals surface area contributed by atoms with Crippen molar-refractivity contribution < 1.29 is 13.2 Å². The van der Waals surface area contributed by atoms with E-state index in [0.717, 1.165) is 11.1 Å². The predicted octanol–water partition coefficient (Wildman–Crippen LogP) is 3.73. The first-order valence-corrected chi connectivity index (χ1v) is 8.48. The number of sulfonamides is 1. The van der Waals surface area contributed by atoms with Crippen LogP contribution in [0.1, 0.15) is 22.3 Å². The molecule has 0 spiro atoms. The minimum atomic E-state index is -3.64. The van der Waals surface area contributed by atoms with Crippen LogP contribution in [0.4, 0.5) is 5.69 Å². The number of benzene rings is 2. The van der Waals surface area contributed by atoms with Gasteiger partial charge in [-0.3, -0.25) is 4.72 Å². The highest BCUT2D eigenvalue weighted by molar-refractivity contribution is 7.92. The summed E-state index contributed by atoms with van der Waals surface area (Å²) in [6, 6.07) is 9.08. The average molecular weight is 319 g/mol. The topological polar surface area (TPSA) is 55.4 Å². The summed E-state index contributed by atoms with van der Waals surface area (Å²) in [5.74, 6) is 0.653. The lowest BCUT2D eigenvalue weighted by Gasteiger charge is -2.15. The molecule has 4 nitrogen and oxygen atoms in total. The molecule has 0 saturated carbocycles. The summed E-state index contributed by atoms with van der Waals surface area (Å²) in [5.41, 5.74) is 3.91. The number of rotatable bonds is 4. The lowest BCUT2D eigenvalue weighted by atomic mass is 10.1. The number of aryl methyl sites for hydroxylation is 4. The van der Waals surface area contributed by atoms with Crippen LogP contribution in [0.15, 0.2) is 35.2 Å². The summed E-state index contributed by atoms with van der Waals surface area (Å²) in [7, 11) is -2.07. The van der Waals surface area contributed by atoms with E-state index >= 15 is 0 Å². The van der Waals surface area contributed by atoms with Crippen molar-refractivity contribution in [3.8, 4) is 5.75 Å². The molecule has 0 aliphatic carbocycles. The van der Waals surface area contributed by atoms with Gasteiger partial charge in [-0.1, -0.05) is 17.7 Å². The molecule has 0 fully saturated rings. The maximum atomic E-state index is 12.7. The highest BCUT2D eigenvalue weighted by atomic mass is 32.2. The Morgan fingerprint density at radius 1 is 0.909 bits per heavy atom. The molecule has 1 N–H and O–H groups in total. The van der Waals surface area contributed by atoms with Gasteiger partial charge in [-0.25, -0.2) is 8.42 Å². The number of hydrogen-bond acceptors (Lipinski definition) is 3. The largest absolute Gasteiger partial charge is 0.497 e. The molecule has 0 aromatic heterocycles. The molecule has 0 aliphatic rings. The highest BCUT2D eigenvalue weighted by Crippen LogP contribution is 2.28. The standard InChI is InChI=1S/C17H21NO3S/c1-11-6-7-16(12(2)8-11)18-22(19,20)17-13(3)9-15(21-5)10-14(17)4/h6-10,18H,1-5H3. The first-order valence-electron chi connectivity index (χ1n) is 7.00. The summed E-state index contributed by atoms with van der Waals surface area (Å²) in [5, 5.41) is 0. The number of hydrogen-bond donors (Lipinski definition) is 1. The summed E-state index contributed by atoms with van der Waals surface area (Å²) >= 11 is 0. The predicted molar refractivity (Wildman–Crippen MR) is 89.2 cm³/mol. The van der Waals surface area contributed by atoms with Crippen molar-refractivity contribution >= 4 is 15.7 Å². The van der Waals surface area contributed by atoms with Gasteiger partial charge in [0.15, 0.2) is 0 Å². The Hall–Kier alpha value is -2.01. The van der Waals surface area contributed by atoms with Crippen LogP contribution in [0.3, 0.4) is 0 Å². The Kier molecular flexibility index (Phi) is 4.47. The molecule has 0 heterocycles. The minimum Gasteiger partial charge on any atom is -0.497 e. The first kappa shape index (κ1) is 16.4. The molecule has 2 aromatic rings. The maximum Gasteiger partial charge on any atom is 0.262 e. The monoisotopic (exact) mass is 319 g/mol. The fourth-order valence-electron chi connectivity index (χ4n) is 2.58. The molecule has 0 radical (unpaired) electrons. The van der Waals surface area contributed by atoms with Crippen molar-refractivity contribution in [2.75, 3.05) is 11.8 Å². The Balaban J connectivity index is 2.47. The second-order valence-electron chi connectivity index (χ2n) is 5.51. The quantitative estimate of drug-likeness (QED) is 0.934. The molecule has 0 amide bonds. The van der Waals surface area contributed by atoms with Gasteiger partial charge >= 0.3 is 0 Å². The Bertz CT molecular complexity index is 788. The molecule has 0 saturated heterocycles. The normalized spacial score (nSPS) is 11.3. The van der Waals surface area contributed by atoms with Gasteiger partial charge in [0.25, 0.3) is 10.0 Å². The van der Waals surface area contributed by atoms with Crippen LogP contribution < -0.4 is 9.46 Å². The summed E-state index contributed by atoms with van der Waals surface area (Å²) in [6.07, 6.45) is 0. The van der Waals surface area contributed by atoms with Crippen molar-refractivity contribution in [2.24, 2.45) is 0 Å². The van der Waals surface area contributed by atoms with E-state index in [9.17, 15) is 8.42 Å². The molecule has 0 aliphatic heterocycles. The molecule has 22 heavy (non-hydrogen) atoms. The summed E-state index contributed by atoms with van der Waals surface area (Å²) < 4.78 is 33.3. The lowest BCUT2D eigenvalue weighted by Crippen LogP contribution is -2.16. The van der Waals surface area contributed by atoms with E-state index < -0.39 is 10.0 Å². The number of anilines is 1. The molecule has 0 bridgehead atoms. The Morgan fingerprint density at radius 3 is 2.00 bits per heavy atom. The van der Waals surface area contributed by atoms with E-state index in [4.69, 9.17) is 4.74 Å². The smallest absolute Gasteiger partial charge is 0.262 e. The van der Waals surface area contributed by atoms with Gasteiger partial charge in [0.1, 0.15) is 5.75 Å². The molecule has 2 rings (SSSR count). The molecule has 0 atom stereocenters. The lowest BCUT2D eigenvalue weighted by molar-refractivity contribution is 0.413. The van der Waals surface area contributed by atoms with Crippen molar-refractivity contribution in [1.29, 1.82) is 0 Å². The van der Waals surface area contributed by atoms with E-state index in [1.54, 1.807) is 39.2 Å². The maximum absolute atomic E-state index is 12.7. The Morgan fingerprint density at radius 2 is 1.50 bits per heavy atom. The van der Waals surface area contributed by atoms with Gasteiger partial charge in [0.05, 0.1) is 17.7 Å². The molecule has 118 valence electrons. The number of ether oxygens (including phenoxy) is 1. The molecule has 0 unspecified atom stereocenters. The van der Waals surface area contributed by atoms with E-state index in [2.05, 4.69) is 4.72 Å². The summed E-state index contributed by atoms with van der Waals surface area (Å²) in [6.45, 7) is 7.40. The third-order valence-electron chi connectivity index (χ3n) is 3.56. The van der Waals surface area contributed by atoms with Gasteiger partial charge in [-0.15, -0.1) is 0 Å². The van der Waals surface area contributed by atoms with Crippen LogP contribution in [-0.2, 0) is 10.0 Å². The zero-order chi connectivity index (χ0) is 16.5. The van der Waals surface area contributed by atoms with Crippen LogP contribution in [0, 0.1) is 27.7 Å².